The molecule has 1 saturated heterocycles. The molecule has 7 heteroatoms. The Morgan fingerprint density at radius 1 is 1.23 bits per heavy atom. The molecule has 0 bridgehead atoms. The van der Waals surface area contributed by atoms with E-state index in [-0.39, 0.29) is 11.3 Å². The van der Waals surface area contributed by atoms with Crippen LogP contribution < -0.4 is 4.90 Å². The number of hydrogen-bond acceptors (Lipinski definition) is 5. The highest BCUT2D eigenvalue weighted by atomic mass is 32.2. The molecule has 22 heavy (non-hydrogen) atoms. The van der Waals surface area contributed by atoms with Crippen molar-refractivity contribution >= 4 is 15.8 Å². The van der Waals surface area contributed by atoms with Crippen LogP contribution in [0.15, 0.2) is 12.4 Å². The second-order valence-electron chi connectivity index (χ2n) is 6.20. The van der Waals surface area contributed by atoms with E-state index in [1.54, 1.807) is 17.7 Å². The van der Waals surface area contributed by atoms with Crippen molar-refractivity contribution in [3.63, 3.8) is 0 Å². The minimum Gasteiger partial charge on any atom is -0.356 e. The molecular formula is C15H24N4O2S. The van der Waals surface area contributed by atoms with Crippen molar-refractivity contribution in [1.82, 2.24) is 14.3 Å². The van der Waals surface area contributed by atoms with E-state index in [2.05, 4.69) is 21.8 Å². The van der Waals surface area contributed by atoms with Crippen LogP contribution in [0.4, 0.5) is 5.82 Å². The summed E-state index contributed by atoms with van der Waals surface area (Å²) in [4.78, 5) is 10.8. The number of hydrogen-bond donors (Lipinski definition) is 0. The molecule has 1 aromatic heterocycles. The molecule has 2 aliphatic rings. The molecule has 2 heterocycles. The smallest absolute Gasteiger partial charge is 0.216 e. The zero-order valence-corrected chi connectivity index (χ0v) is 14.1. The minimum atomic E-state index is -3.07. The largest absolute Gasteiger partial charge is 0.356 e. The summed E-state index contributed by atoms with van der Waals surface area (Å²) in [5.41, 5.74) is 1.04. The molecule has 0 spiro atoms. The Hall–Kier alpha value is -1.21. The summed E-state index contributed by atoms with van der Waals surface area (Å²) < 4.78 is 26.3. The van der Waals surface area contributed by atoms with Crippen LogP contribution in [0.25, 0.3) is 0 Å². The van der Waals surface area contributed by atoms with Gasteiger partial charge in [-0.25, -0.2) is 22.7 Å². The fraction of sp³-hybridized carbons (Fsp3) is 0.733. The third-order valence-electron chi connectivity index (χ3n) is 4.72. The van der Waals surface area contributed by atoms with Crippen LogP contribution in [-0.4, -0.2) is 54.1 Å². The highest BCUT2D eigenvalue weighted by molar-refractivity contribution is 7.90. The maximum Gasteiger partial charge on any atom is 0.216 e. The Morgan fingerprint density at radius 2 is 1.91 bits per heavy atom. The predicted molar refractivity (Wildman–Crippen MR) is 86.3 cm³/mol. The lowest BCUT2D eigenvalue weighted by Crippen LogP contribution is -2.46. The van der Waals surface area contributed by atoms with Gasteiger partial charge in [-0.05, 0) is 32.1 Å². The van der Waals surface area contributed by atoms with Crippen LogP contribution in [0.5, 0.6) is 0 Å². The van der Waals surface area contributed by atoms with Crippen LogP contribution in [-0.2, 0) is 16.4 Å². The van der Waals surface area contributed by atoms with Gasteiger partial charge in [-0.15, -0.1) is 0 Å². The molecular weight excluding hydrogens is 300 g/mol. The van der Waals surface area contributed by atoms with Gasteiger partial charge in [-0.1, -0.05) is 6.92 Å². The molecule has 122 valence electrons. The van der Waals surface area contributed by atoms with Crippen LogP contribution in [0, 0.1) is 0 Å². The number of nitrogens with zero attached hydrogens (tertiary/aromatic N) is 4. The van der Waals surface area contributed by atoms with E-state index in [1.165, 1.54) is 0 Å². The van der Waals surface area contributed by atoms with E-state index >= 15 is 0 Å². The number of aromatic nitrogens is 2. The number of anilines is 1. The van der Waals surface area contributed by atoms with E-state index in [4.69, 9.17) is 0 Å². The maximum absolute atomic E-state index is 12.3. The molecule has 0 radical (unpaired) electrons. The van der Waals surface area contributed by atoms with Gasteiger partial charge < -0.3 is 4.90 Å². The number of piperidine rings is 1. The lowest BCUT2D eigenvalue weighted by Gasteiger charge is -2.36. The third-order valence-corrected chi connectivity index (χ3v) is 7.14. The topological polar surface area (TPSA) is 66.4 Å². The fourth-order valence-electron chi connectivity index (χ4n) is 3.02. The monoisotopic (exact) mass is 324 g/mol. The second-order valence-corrected chi connectivity index (χ2v) is 8.47. The summed E-state index contributed by atoms with van der Waals surface area (Å²) in [6, 6.07) is 2.15. The van der Waals surface area contributed by atoms with Gasteiger partial charge in [0.05, 0.1) is 5.25 Å². The molecule has 3 rings (SSSR count). The highest BCUT2D eigenvalue weighted by Crippen LogP contribution is 2.33. The molecule has 1 aliphatic heterocycles. The molecule has 6 nitrogen and oxygen atoms in total. The van der Waals surface area contributed by atoms with Gasteiger partial charge in [-0.2, -0.15) is 0 Å². The van der Waals surface area contributed by atoms with E-state index in [0.29, 0.717) is 0 Å². The molecule has 0 aromatic carbocycles. The van der Waals surface area contributed by atoms with Gasteiger partial charge >= 0.3 is 0 Å². The van der Waals surface area contributed by atoms with Crippen LogP contribution in [0.2, 0.25) is 0 Å². The normalized spacial score (nSPS) is 20.6. The summed E-state index contributed by atoms with van der Waals surface area (Å²) in [5.74, 6) is 0.956. The summed E-state index contributed by atoms with van der Waals surface area (Å²) in [6.07, 6.45) is 5.87. The van der Waals surface area contributed by atoms with E-state index in [9.17, 15) is 8.42 Å². The van der Waals surface area contributed by atoms with E-state index in [1.807, 2.05) is 6.07 Å². The number of sulfonamides is 1. The SMILES string of the molecule is CCc1cc(N2CCC(N(C)S(=O)(=O)C3CC3)CC2)ncn1. The first kappa shape index (κ1) is 15.7. The van der Waals surface area contributed by atoms with E-state index < -0.39 is 10.0 Å². The highest BCUT2D eigenvalue weighted by Gasteiger charge is 2.41. The van der Waals surface area contributed by atoms with Gasteiger partial charge in [0.15, 0.2) is 0 Å². The van der Waals surface area contributed by atoms with Crippen LogP contribution in [0.3, 0.4) is 0 Å². The summed E-state index contributed by atoms with van der Waals surface area (Å²) in [7, 11) is -1.33. The Balaban J connectivity index is 1.62. The van der Waals surface area contributed by atoms with Gasteiger partial charge in [0.25, 0.3) is 0 Å². The molecule has 1 aliphatic carbocycles. The van der Waals surface area contributed by atoms with Crippen molar-refractivity contribution in [2.24, 2.45) is 0 Å². The first-order chi connectivity index (χ1) is 10.5. The van der Waals surface area contributed by atoms with Gasteiger partial charge in [0.2, 0.25) is 10.0 Å². The van der Waals surface area contributed by atoms with Crippen molar-refractivity contribution in [3.05, 3.63) is 18.1 Å². The molecule has 0 atom stereocenters. The van der Waals surface area contributed by atoms with Crippen molar-refractivity contribution < 1.29 is 8.42 Å². The van der Waals surface area contributed by atoms with Crippen molar-refractivity contribution in [2.75, 3.05) is 25.0 Å². The van der Waals surface area contributed by atoms with Crippen molar-refractivity contribution in [3.8, 4) is 0 Å². The Kier molecular flexibility index (Phi) is 4.36. The molecule has 0 N–H and O–H groups in total. The summed E-state index contributed by atoms with van der Waals surface area (Å²) in [6.45, 7) is 3.76. The molecule has 0 unspecified atom stereocenters. The average molecular weight is 324 g/mol. The average Bonchev–Trinajstić information content (AvgIpc) is 3.40. The predicted octanol–water partition coefficient (Wildman–Crippen LogP) is 1.43. The first-order valence-corrected chi connectivity index (χ1v) is 9.55. The zero-order chi connectivity index (χ0) is 15.7. The van der Waals surface area contributed by atoms with Crippen molar-refractivity contribution in [1.29, 1.82) is 0 Å². The molecule has 1 saturated carbocycles. The fourth-order valence-corrected chi connectivity index (χ4v) is 4.85. The van der Waals surface area contributed by atoms with Gasteiger partial charge in [0.1, 0.15) is 12.1 Å². The van der Waals surface area contributed by atoms with Gasteiger partial charge in [-0.3, -0.25) is 0 Å². The second kappa shape index (κ2) is 6.12. The minimum absolute atomic E-state index is 0.120. The van der Waals surface area contributed by atoms with Crippen LogP contribution >= 0.6 is 0 Å². The van der Waals surface area contributed by atoms with Crippen LogP contribution in [0.1, 0.15) is 38.3 Å². The Morgan fingerprint density at radius 3 is 2.50 bits per heavy atom. The number of rotatable bonds is 5. The quantitative estimate of drug-likeness (QED) is 0.820. The van der Waals surface area contributed by atoms with Gasteiger partial charge in [0, 0.05) is 37.9 Å². The number of aryl methyl sites for hydroxylation is 1. The van der Waals surface area contributed by atoms with Crippen molar-refractivity contribution in [2.45, 2.75) is 50.3 Å². The molecule has 2 fully saturated rings. The standard InChI is InChI=1S/C15H24N4O2S/c1-3-12-10-15(17-11-16-12)19-8-6-13(7-9-19)18(2)22(20,21)14-4-5-14/h10-11,13-14H,3-9H2,1-2H3. The zero-order valence-electron chi connectivity index (χ0n) is 13.3. The third kappa shape index (κ3) is 3.10. The Labute approximate surface area is 132 Å². The summed E-state index contributed by atoms with van der Waals surface area (Å²) in [5, 5.41) is -0.121. The molecule has 1 aromatic rings. The lowest BCUT2D eigenvalue weighted by atomic mass is 10.1. The molecule has 0 amide bonds. The lowest BCUT2D eigenvalue weighted by molar-refractivity contribution is 0.311. The summed E-state index contributed by atoms with van der Waals surface area (Å²) >= 11 is 0. The first-order valence-electron chi connectivity index (χ1n) is 8.05. The Bertz CT molecular complexity index is 622. The maximum atomic E-state index is 12.3. The van der Waals surface area contributed by atoms with E-state index in [0.717, 1.165) is 56.7 Å².